The molecule has 0 spiro atoms. The first kappa shape index (κ1) is 13.9. The van der Waals surface area contributed by atoms with Gasteiger partial charge in [0.25, 0.3) is 0 Å². The van der Waals surface area contributed by atoms with Crippen LogP contribution in [0, 0.1) is 5.92 Å². The van der Waals surface area contributed by atoms with E-state index >= 15 is 0 Å². The average Bonchev–Trinajstić information content (AvgIpc) is 2.95. The summed E-state index contributed by atoms with van der Waals surface area (Å²) < 4.78 is 0. The molecule has 1 unspecified atom stereocenters. The average molecular weight is 277 g/mol. The maximum atomic E-state index is 4.68. The summed E-state index contributed by atoms with van der Waals surface area (Å²) in [7, 11) is 0. The molecule has 2 aliphatic rings. The van der Waals surface area contributed by atoms with E-state index in [0.717, 1.165) is 43.7 Å². The first-order valence-corrected chi connectivity index (χ1v) is 8.21. The molecule has 112 valence electrons. The van der Waals surface area contributed by atoms with Crippen molar-refractivity contribution in [2.45, 2.75) is 57.9 Å². The molecule has 2 fully saturated rings. The summed E-state index contributed by atoms with van der Waals surface area (Å²) in [6.07, 6.45) is 9.43. The van der Waals surface area contributed by atoms with Crippen LogP contribution in [0.1, 0.15) is 51.3 Å². The van der Waals surface area contributed by atoms with Crippen molar-refractivity contribution >= 4 is 5.95 Å². The molecule has 0 aromatic carbocycles. The predicted molar refractivity (Wildman–Crippen MR) is 81.0 cm³/mol. The number of aromatic nitrogens is 3. The van der Waals surface area contributed by atoms with Crippen molar-refractivity contribution in [3.05, 3.63) is 5.82 Å². The molecule has 5 nitrogen and oxygen atoms in total. The van der Waals surface area contributed by atoms with Gasteiger partial charge in [-0.2, -0.15) is 4.98 Å². The molecule has 5 heteroatoms. The zero-order valence-corrected chi connectivity index (χ0v) is 12.6. The highest BCUT2D eigenvalue weighted by Crippen LogP contribution is 2.27. The number of nitrogens with one attached hydrogen (secondary N) is 2. The summed E-state index contributed by atoms with van der Waals surface area (Å²) in [6, 6.07) is 0.521. The Morgan fingerprint density at radius 3 is 2.90 bits per heavy atom. The Morgan fingerprint density at radius 1 is 1.25 bits per heavy atom. The highest BCUT2D eigenvalue weighted by Gasteiger charge is 2.20. The van der Waals surface area contributed by atoms with Crippen LogP contribution < -0.4 is 10.2 Å². The Morgan fingerprint density at radius 2 is 2.10 bits per heavy atom. The lowest BCUT2D eigenvalue weighted by Gasteiger charge is -2.30. The van der Waals surface area contributed by atoms with Gasteiger partial charge in [0.1, 0.15) is 5.82 Å². The molecule has 0 amide bonds. The first-order valence-electron chi connectivity index (χ1n) is 8.21. The van der Waals surface area contributed by atoms with Crippen LogP contribution in [0.25, 0.3) is 0 Å². The maximum absolute atomic E-state index is 4.68. The monoisotopic (exact) mass is 277 g/mol. The van der Waals surface area contributed by atoms with Crippen LogP contribution in [-0.2, 0) is 6.42 Å². The van der Waals surface area contributed by atoms with Gasteiger partial charge in [0.05, 0.1) is 0 Å². The van der Waals surface area contributed by atoms with E-state index in [2.05, 4.69) is 32.3 Å². The lowest BCUT2D eigenvalue weighted by Crippen LogP contribution is -2.49. The lowest BCUT2D eigenvalue weighted by atomic mass is 9.86. The van der Waals surface area contributed by atoms with Gasteiger partial charge in [-0.3, -0.25) is 5.10 Å². The van der Waals surface area contributed by atoms with Crippen molar-refractivity contribution in [1.29, 1.82) is 0 Å². The highest BCUT2D eigenvalue weighted by molar-refractivity contribution is 5.30. The fourth-order valence-electron chi connectivity index (χ4n) is 3.47. The number of hydrogen-bond acceptors (Lipinski definition) is 4. The van der Waals surface area contributed by atoms with E-state index in [1.165, 1.54) is 38.5 Å². The fourth-order valence-corrected chi connectivity index (χ4v) is 3.47. The first-order chi connectivity index (χ1) is 9.81. The molecule has 1 aromatic rings. The van der Waals surface area contributed by atoms with Crippen LogP contribution in [0.4, 0.5) is 5.95 Å². The van der Waals surface area contributed by atoms with Crippen LogP contribution in [-0.4, -0.2) is 40.9 Å². The van der Waals surface area contributed by atoms with Crippen molar-refractivity contribution in [2.75, 3.05) is 24.5 Å². The van der Waals surface area contributed by atoms with Crippen LogP contribution in [0.15, 0.2) is 0 Å². The zero-order chi connectivity index (χ0) is 13.8. The number of anilines is 1. The Balaban J connectivity index is 1.51. The Hall–Kier alpha value is -1.10. The van der Waals surface area contributed by atoms with E-state index in [1.807, 2.05) is 0 Å². The summed E-state index contributed by atoms with van der Waals surface area (Å²) in [4.78, 5) is 6.96. The number of H-pyrrole nitrogens is 1. The number of aryl methyl sites for hydroxylation is 1. The Kier molecular flexibility index (Phi) is 4.55. The SMILES string of the molecule is CC1CN(c2n[nH]c(CCC3CCCCC3)n2)CCN1. The van der Waals surface area contributed by atoms with Gasteiger partial charge < -0.3 is 10.2 Å². The summed E-state index contributed by atoms with van der Waals surface area (Å²) in [6.45, 7) is 5.24. The van der Waals surface area contributed by atoms with Crippen molar-refractivity contribution in [3.63, 3.8) is 0 Å². The van der Waals surface area contributed by atoms with Crippen LogP contribution in [0.3, 0.4) is 0 Å². The standard InChI is InChI=1S/C15H27N5/c1-12-11-20(10-9-16-12)15-17-14(18-19-15)8-7-13-5-3-2-4-6-13/h12-13,16H,2-11H2,1H3,(H,17,18,19). The lowest BCUT2D eigenvalue weighted by molar-refractivity contribution is 0.337. The minimum Gasteiger partial charge on any atom is -0.337 e. The third-order valence-corrected chi connectivity index (χ3v) is 4.69. The van der Waals surface area contributed by atoms with Crippen molar-refractivity contribution in [2.24, 2.45) is 5.92 Å². The van der Waals surface area contributed by atoms with Crippen molar-refractivity contribution in [1.82, 2.24) is 20.5 Å². The van der Waals surface area contributed by atoms with Crippen LogP contribution >= 0.6 is 0 Å². The number of hydrogen-bond donors (Lipinski definition) is 2. The molecule has 1 aliphatic carbocycles. The van der Waals surface area contributed by atoms with Crippen LogP contribution in [0.5, 0.6) is 0 Å². The molecule has 2 N–H and O–H groups in total. The van der Waals surface area contributed by atoms with Gasteiger partial charge in [0, 0.05) is 32.1 Å². The normalized spacial score (nSPS) is 25.1. The summed E-state index contributed by atoms with van der Waals surface area (Å²) in [5.74, 6) is 2.87. The van der Waals surface area contributed by atoms with Gasteiger partial charge in [-0.05, 0) is 19.3 Å². The molecule has 1 saturated heterocycles. The van der Waals surface area contributed by atoms with Gasteiger partial charge in [-0.1, -0.05) is 32.1 Å². The summed E-state index contributed by atoms with van der Waals surface area (Å²) in [5.41, 5.74) is 0. The van der Waals surface area contributed by atoms with Crippen molar-refractivity contribution in [3.8, 4) is 0 Å². The molecule has 2 heterocycles. The van der Waals surface area contributed by atoms with Gasteiger partial charge >= 0.3 is 0 Å². The summed E-state index contributed by atoms with van der Waals surface area (Å²) >= 11 is 0. The second-order valence-corrected chi connectivity index (χ2v) is 6.43. The molecular weight excluding hydrogens is 250 g/mol. The quantitative estimate of drug-likeness (QED) is 0.885. The molecule has 1 aliphatic heterocycles. The van der Waals surface area contributed by atoms with E-state index in [1.54, 1.807) is 0 Å². The molecule has 20 heavy (non-hydrogen) atoms. The fraction of sp³-hybridized carbons (Fsp3) is 0.867. The zero-order valence-electron chi connectivity index (χ0n) is 12.6. The van der Waals surface area contributed by atoms with Gasteiger partial charge in [0.2, 0.25) is 5.95 Å². The number of aromatic amines is 1. The van der Waals surface area contributed by atoms with E-state index < -0.39 is 0 Å². The van der Waals surface area contributed by atoms with E-state index in [0.29, 0.717) is 6.04 Å². The highest BCUT2D eigenvalue weighted by atomic mass is 15.4. The van der Waals surface area contributed by atoms with E-state index in [4.69, 9.17) is 0 Å². The van der Waals surface area contributed by atoms with Crippen LogP contribution in [0.2, 0.25) is 0 Å². The minimum absolute atomic E-state index is 0.521. The molecule has 3 rings (SSSR count). The molecule has 1 atom stereocenters. The Bertz CT molecular complexity index is 410. The summed E-state index contributed by atoms with van der Waals surface area (Å²) in [5, 5.41) is 11.0. The van der Waals surface area contributed by atoms with E-state index in [-0.39, 0.29) is 0 Å². The van der Waals surface area contributed by atoms with Gasteiger partial charge in [0.15, 0.2) is 0 Å². The maximum Gasteiger partial charge on any atom is 0.244 e. The van der Waals surface area contributed by atoms with Gasteiger partial charge in [-0.25, -0.2) is 0 Å². The third-order valence-electron chi connectivity index (χ3n) is 4.69. The molecule has 1 saturated carbocycles. The topological polar surface area (TPSA) is 56.8 Å². The smallest absolute Gasteiger partial charge is 0.244 e. The Labute approximate surface area is 121 Å². The van der Waals surface area contributed by atoms with Gasteiger partial charge in [-0.15, -0.1) is 5.10 Å². The van der Waals surface area contributed by atoms with E-state index in [9.17, 15) is 0 Å². The molecule has 0 bridgehead atoms. The largest absolute Gasteiger partial charge is 0.337 e. The number of piperazine rings is 1. The second kappa shape index (κ2) is 6.57. The number of rotatable bonds is 4. The predicted octanol–water partition coefficient (Wildman–Crippen LogP) is 2.12. The second-order valence-electron chi connectivity index (χ2n) is 6.43. The third kappa shape index (κ3) is 3.51. The number of nitrogens with zero attached hydrogens (tertiary/aromatic N) is 3. The molecule has 0 radical (unpaired) electrons. The molecule has 1 aromatic heterocycles. The minimum atomic E-state index is 0.521. The van der Waals surface area contributed by atoms with Crippen molar-refractivity contribution < 1.29 is 0 Å². The molecular formula is C15H27N5.